The van der Waals surface area contributed by atoms with Crippen LogP contribution in [0.1, 0.15) is 16.7 Å². The summed E-state index contributed by atoms with van der Waals surface area (Å²) >= 11 is 0. The molecule has 8 heteroatoms. The lowest BCUT2D eigenvalue weighted by atomic mass is 10.1. The van der Waals surface area contributed by atoms with E-state index in [4.69, 9.17) is 14.2 Å². The monoisotopic (exact) mass is 397 g/mol. The van der Waals surface area contributed by atoms with Crippen molar-refractivity contribution >= 4 is 11.6 Å². The first-order valence-corrected chi connectivity index (χ1v) is 8.53. The number of methoxy groups -OCH3 is 1. The standard InChI is InChI=1S/C20H22F3NO4/c1-13-4-6-17(14(2)10-13)28-12-19(25)24-16-11-15(20(21,22)23)5-7-18(16)27-9-8-26-3/h4-7,10-11H,8-9,12H2,1-3H3,(H,24,25). The van der Waals surface area contributed by atoms with Crippen molar-refractivity contribution in [1.82, 2.24) is 0 Å². The minimum absolute atomic E-state index is 0.0832. The van der Waals surface area contributed by atoms with Crippen LogP contribution < -0.4 is 14.8 Å². The molecule has 0 atom stereocenters. The number of hydrogen-bond donors (Lipinski definition) is 1. The summed E-state index contributed by atoms with van der Waals surface area (Å²) in [6.45, 7) is 3.81. The van der Waals surface area contributed by atoms with Gasteiger partial charge in [-0.2, -0.15) is 13.2 Å². The van der Waals surface area contributed by atoms with Gasteiger partial charge in [0.2, 0.25) is 0 Å². The molecular formula is C20H22F3NO4. The van der Waals surface area contributed by atoms with Gasteiger partial charge in [-0.15, -0.1) is 0 Å². The normalized spacial score (nSPS) is 11.2. The fourth-order valence-corrected chi connectivity index (χ4v) is 2.46. The van der Waals surface area contributed by atoms with E-state index in [9.17, 15) is 18.0 Å². The molecule has 0 bridgehead atoms. The molecule has 5 nitrogen and oxygen atoms in total. The van der Waals surface area contributed by atoms with E-state index in [1.54, 1.807) is 6.07 Å². The first-order valence-electron chi connectivity index (χ1n) is 8.53. The minimum Gasteiger partial charge on any atom is -0.489 e. The van der Waals surface area contributed by atoms with Crippen molar-refractivity contribution in [3.05, 3.63) is 53.1 Å². The van der Waals surface area contributed by atoms with Gasteiger partial charge in [0.15, 0.2) is 6.61 Å². The average molecular weight is 397 g/mol. The molecular weight excluding hydrogens is 375 g/mol. The number of carbonyl (C=O) groups is 1. The highest BCUT2D eigenvalue weighted by Crippen LogP contribution is 2.35. The molecule has 28 heavy (non-hydrogen) atoms. The van der Waals surface area contributed by atoms with E-state index in [0.717, 1.165) is 23.3 Å². The highest BCUT2D eigenvalue weighted by Gasteiger charge is 2.31. The Hall–Kier alpha value is -2.74. The predicted molar refractivity (Wildman–Crippen MR) is 98.9 cm³/mol. The maximum atomic E-state index is 13.0. The second kappa shape index (κ2) is 9.45. The van der Waals surface area contributed by atoms with Crippen LogP contribution in [0.3, 0.4) is 0 Å². The molecule has 0 fully saturated rings. The summed E-state index contributed by atoms with van der Waals surface area (Å²) in [4.78, 5) is 12.2. The Morgan fingerprint density at radius 2 is 1.71 bits per heavy atom. The second-order valence-electron chi connectivity index (χ2n) is 6.16. The maximum absolute atomic E-state index is 13.0. The molecule has 0 saturated carbocycles. The van der Waals surface area contributed by atoms with E-state index in [-0.39, 0.29) is 31.3 Å². The molecule has 1 N–H and O–H groups in total. The Morgan fingerprint density at radius 1 is 1.00 bits per heavy atom. The molecule has 2 aromatic rings. The fraction of sp³-hybridized carbons (Fsp3) is 0.350. The van der Waals surface area contributed by atoms with Crippen LogP contribution in [0.2, 0.25) is 0 Å². The van der Waals surface area contributed by atoms with Gasteiger partial charge in [-0.05, 0) is 43.7 Å². The van der Waals surface area contributed by atoms with E-state index in [1.165, 1.54) is 13.2 Å². The van der Waals surface area contributed by atoms with Crippen molar-refractivity contribution in [2.75, 3.05) is 32.2 Å². The number of carbonyl (C=O) groups excluding carboxylic acids is 1. The van der Waals surface area contributed by atoms with Crippen molar-refractivity contribution < 1.29 is 32.2 Å². The number of ether oxygens (including phenoxy) is 3. The summed E-state index contributed by atoms with van der Waals surface area (Å²) in [6.07, 6.45) is -4.54. The van der Waals surface area contributed by atoms with Gasteiger partial charge in [0.05, 0.1) is 17.9 Å². The maximum Gasteiger partial charge on any atom is 0.416 e. The summed E-state index contributed by atoms with van der Waals surface area (Å²) in [6, 6.07) is 8.37. The fourth-order valence-electron chi connectivity index (χ4n) is 2.46. The number of halogens is 3. The third kappa shape index (κ3) is 6.16. The molecule has 0 aromatic heterocycles. The summed E-state index contributed by atoms with van der Waals surface area (Å²) in [7, 11) is 1.48. The van der Waals surface area contributed by atoms with E-state index in [0.29, 0.717) is 5.75 Å². The van der Waals surface area contributed by atoms with Crippen LogP contribution in [-0.4, -0.2) is 32.8 Å². The molecule has 0 radical (unpaired) electrons. The van der Waals surface area contributed by atoms with Crippen molar-refractivity contribution in [3.8, 4) is 11.5 Å². The number of hydrogen-bond acceptors (Lipinski definition) is 4. The molecule has 0 unspecified atom stereocenters. The molecule has 0 aliphatic heterocycles. The third-order valence-corrected chi connectivity index (χ3v) is 3.82. The summed E-state index contributed by atoms with van der Waals surface area (Å²) in [5.74, 6) is 0.0437. The van der Waals surface area contributed by atoms with Crippen molar-refractivity contribution in [1.29, 1.82) is 0 Å². The van der Waals surface area contributed by atoms with Gasteiger partial charge in [0.25, 0.3) is 5.91 Å². The van der Waals surface area contributed by atoms with Gasteiger partial charge in [-0.25, -0.2) is 0 Å². The van der Waals surface area contributed by atoms with Crippen LogP contribution in [0.4, 0.5) is 18.9 Å². The van der Waals surface area contributed by atoms with E-state index in [2.05, 4.69) is 5.32 Å². The zero-order valence-corrected chi connectivity index (χ0v) is 15.9. The molecule has 152 valence electrons. The highest BCUT2D eigenvalue weighted by molar-refractivity contribution is 5.93. The smallest absolute Gasteiger partial charge is 0.416 e. The Morgan fingerprint density at radius 3 is 2.36 bits per heavy atom. The van der Waals surface area contributed by atoms with Gasteiger partial charge in [-0.3, -0.25) is 4.79 Å². The van der Waals surface area contributed by atoms with Gasteiger partial charge >= 0.3 is 6.18 Å². The zero-order valence-electron chi connectivity index (χ0n) is 15.9. The average Bonchev–Trinajstić information content (AvgIpc) is 2.61. The summed E-state index contributed by atoms with van der Waals surface area (Å²) in [5.41, 5.74) is 0.934. The first-order chi connectivity index (χ1) is 13.2. The van der Waals surface area contributed by atoms with Gasteiger partial charge in [0, 0.05) is 7.11 Å². The van der Waals surface area contributed by atoms with Gasteiger partial charge < -0.3 is 19.5 Å². The SMILES string of the molecule is COCCOc1ccc(C(F)(F)F)cc1NC(=O)COc1ccc(C)cc1C. The van der Waals surface area contributed by atoms with Crippen LogP contribution in [0.25, 0.3) is 0 Å². The van der Waals surface area contributed by atoms with Crippen molar-refractivity contribution in [2.45, 2.75) is 20.0 Å². The first kappa shape index (κ1) is 21.6. The Bertz CT molecular complexity index is 822. The summed E-state index contributed by atoms with van der Waals surface area (Å²) in [5, 5.41) is 2.42. The van der Waals surface area contributed by atoms with E-state index >= 15 is 0 Å². The van der Waals surface area contributed by atoms with Crippen LogP contribution in [0.5, 0.6) is 11.5 Å². The molecule has 0 spiro atoms. The molecule has 0 heterocycles. The second-order valence-corrected chi connectivity index (χ2v) is 6.16. The molecule has 2 rings (SSSR count). The van der Waals surface area contributed by atoms with E-state index in [1.807, 2.05) is 26.0 Å². The molecule has 0 aliphatic rings. The number of nitrogens with one attached hydrogen (secondary N) is 1. The topological polar surface area (TPSA) is 56.8 Å². The molecule has 0 aliphatic carbocycles. The van der Waals surface area contributed by atoms with Crippen molar-refractivity contribution in [3.63, 3.8) is 0 Å². The molecule has 2 aromatic carbocycles. The number of aryl methyl sites for hydroxylation is 2. The predicted octanol–water partition coefficient (Wildman–Crippen LogP) is 4.36. The van der Waals surface area contributed by atoms with E-state index < -0.39 is 17.6 Å². The molecule has 1 amide bonds. The highest BCUT2D eigenvalue weighted by atomic mass is 19.4. The number of rotatable bonds is 8. The lowest BCUT2D eigenvalue weighted by Crippen LogP contribution is -2.21. The van der Waals surface area contributed by atoms with Crippen LogP contribution in [0, 0.1) is 13.8 Å². The largest absolute Gasteiger partial charge is 0.489 e. The Labute approximate surface area is 161 Å². The Kier molecular flexibility index (Phi) is 7.28. The lowest BCUT2D eigenvalue weighted by Gasteiger charge is -2.16. The molecule has 0 saturated heterocycles. The van der Waals surface area contributed by atoms with Gasteiger partial charge in [0.1, 0.15) is 18.1 Å². The number of alkyl halides is 3. The minimum atomic E-state index is -4.54. The number of amides is 1. The zero-order chi connectivity index (χ0) is 20.7. The van der Waals surface area contributed by atoms with Crippen LogP contribution in [0.15, 0.2) is 36.4 Å². The quantitative estimate of drug-likeness (QED) is 0.673. The lowest BCUT2D eigenvalue weighted by molar-refractivity contribution is -0.137. The summed E-state index contributed by atoms with van der Waals surface area (Å²) < 4.78 is 54.7. The van der Waals surface area contributed by atoms with Gasteiger partial charge in [-0.1, -0.05) is 17.7 Å². The van der Waals surface area contributed by atoms with Crippen LogP contribution >= 0.6 is 0 Å². The van der Waals surface area contributed by atoms with Crippen LogP contribution in [-0.2, 0) is 15.7 Å². The number of anilines is 1. The Balaban J connectivity index is 2.11. The number of benzene rings is 2. The van der Waals surface area contributed by atoms with Crippen molar-refractivity contribution in [2.24, 2.45) is 0 Å². The third-order valence-electron chi connectivity index (χ3n) is 3.82.